The number of rotatable bonds is 4. The van der Waals surface area contributed by atoms with Gasteiger partial charge in [0, 0.05) is 37.5 Å². The molecule has 3 heterocycles. The van der Waals surface area contributed by atoms with Crippen LogP contribution in [0.5, 0.6) is 0 Å². The lowest BCUT2D eigenvalue weighted by Crippen LogP contribution is -2.33. The van der Waals surface area contributed by atoms with Crippen LogP contribution < -0.4 is 5.32 Å². The van der Waals surface area contributed by atoms with E-state index in [0.29, 0.717) is 24.6 Å². The molecule has 1 aliphatic heterocycles. The third-order valence-corrected chi connectivity index (χ3v) is 4.48. The topological polar surface area (TPSA) is 88.1 Å². The third-order valence-electron chi connectivity index (χ3n) is 4.48. The molecule has 2 amide bonds. The lowest BCUT2D eigenvalue weighted by molar-refractivity contribution is -0.119. The van der Waals surface area contributed by atoms with Gasteiger partial charge < -0.3 is 10.2 Å². The van der Waals surface area contributed by atoms with Crippen LogP contribution in [0.4, 0.5) is 0 Å². The van der Waals surface area contributed by atoms with E-state index < -0.39 is 0 Å². The summed E-state index contributed by atoms with van der Waals surface area (Å²) in [6.07, 6.45) is 3.48. The molecule has 2 aromatic heterocycles. The summed E-state index contributed by atoms with van der Waals surface area (Å²) in [5, 5.41) is 2.79. The number of hydrogen-bond acceptors (Lipinski definition) is 5. The van der Waals surface area contributed by atoms with Crippen LogP contribution in [0.1, 0.15) is 59.1 Å². The lowest BCUT2D eigenvalue weighted by atomic mass is 10.1. The van der Waals surface area contributed by atoms with E-state index in [-0.39, 0.29) is 17.9 Å². The molecule has 1 unspecified atom stereocenters. The van der Waals surface area contributed by atoms with Gasteiger partial charge in [0.15, 0.2) is 0 Å². The van der Waals surface area contributed by atoms with E-state index >= 15 is 0 Å². The highest BCUT2D eigenvalue weighted by Crippen LogP contribution is 2.33. The normalized spacial score (nSPS) is 16.6. The van der Waals surface area contributed by atoms with Gasteiger partial charge in [-0.3, -0.25) is 9.59 Å². The van der Waals surface area contributed by atoms with Gasteiger partial charge >= 0.3 is 0 Å². The Bertz CT molecular complexity index is 836. The molecule has 1 fully saturated rings. The van der Waals surface area contributed by atoms with Crippen LogP contribution in [-0.4, -0.2) is 38.2 Å². The van der Waals surface area contributed by atoms with Crippen LogP contribution in [0.3, 0.4) is 0 Å². The molecule has 2 aromatic rings. The molecule has 0 bridgehead atoms. The second-order valence-electron chi connectivity index (χ2n) is 6.56. The van der Waals surface area contributed by atoms with Gasteiger partial charge in [-0.1, -0.05) is 6.07 Å². The summed E-state index contributed by atoms with van der Waals surface area (Å²) in [6, 6.07) is 5.33. The predicted octanol–water partition coefficient (Wildman–Crippen LogP) is 2.10. The standard InChI is InChI=1S/C19H23N5O2/c1-12-6-4-7-16(22-12)19(26)24-9-5-8-17(24)18-15(11-21-14(3)25)10-20-13(2)23-18/h4,6-7,10,17H,5,8-9,11H2,1-3H3,(H,21,25). The van der Waals surface area contributed by atoms with Crippen LogP contribution in [0.15, 0.2) is 24.4 Å². The van der Waals surface area contributed by atoms with Crippen LogP contribution >= 0.6 is 0 Å². The second kappa shape index (κ2) is 7.59. The van der Waals surface area contributed by atoms with E-state index in [4.69, 9.17) is 0 Å². The zero-order chi connectivity index (χ0) is 18.7. The van der Waals surface area contributed by atoms with Crippen molar-refractivity contribution in [2.45, 2.75) is 46.2 Å². The molecule has 26 heavy (non-hydrogen) atoms. The van der Waals surface area contributed by atoms with Gasteiger partial charge in [-0.15, -0.1) is 0 Å². The summed E-state index contributed by atoms with van der Waals surface area (Å²) in [5.74, 6) is 0.456. The van der Waals surface area contributed by atoms with Gasteiger partial charge in [-0.2, -0.15) is 0 Å². The summed E-state index contributed by atoms with van der Waals surface area (Å²) in [4.78, 5) is 39.3. The number of carbonyl (C=O) groups excluding carboxylic acids is 2. The molecule has 0 aromatic carbocycles. The quantitative estimate of drug-likeness (QED) is 0.909. The fourth-order valence-electron chi connectivity index (χ4n) is 3.26. The SMILES string of the molecule is CC(=O)NCc1cnc(C)nc1C1CCCN1C(=O)c1cccc(C)n1. The molecule has 0 aliphatic carbocycles. The summed E-state index contributed by atoms with van der Waals surface area (Å²) >= 11 is 0. The maximum atomic E-state index is 13.0. The van der Waals surface area contributed by atoms with E-state index in [2.05, 4.69) is 20.3 Å². The van der Waals surface area contributed by atoms with Gasteiger partial charge in [0.1, 0.15) is 11.5 Å². The molecule has 1 saturated heterocycles. The van der Waals surface area contributed by atoms with E-state index in [9.17, 15) is 9.59 Å². The first-order valence-electron chi connectivity index (χ1n) is 8.77. The fourth-order valence-corrected chi connectivity index (χ4v) is 3.26. The first kappa shape index (κ1) is 18.0. The second-order valence-corrected chi connectivity index (χ2v) is 6.56. The molecule has 136 valence electrons. The number of aromatic nitrogens is 3. The molecule has 1 aliphatic rings. The Balaban J connectivity index is 1.91. The monoisotopic (exact) mass is 353 g/mol. The Morgan fingerprint density at radius 2 is 2.08 bits per heavy atom. The number of nitrogens with one attached hydrogen (secondary N) is 1. The van der Waals surface area contributed by atoms with E-state index in [0.717, 1.165) is 29.8 Å². The number of nitrogens with zero attached hydrogens (tertiary/aromatic N) is 4. The lowest BCUT2D eigenvalue weighted by Gasteiger charge is -2.26. The number of likely N-dealkylation sites (tertiary alicyclic amines) is 1. The Morgan fingerprint density at radius 3 is 2.81 bits per heavy atom. The molecule has 7 nitrogen and oxygen atoms in total. The third kappa shape index (κ3) is 3.87. The van der Waals surface area contributed by atoms with Crippen molar-refractivity contribution in [2.75, 3.05) is 6.54 Å². The summed E-state index contributed by atoms with van der Waals surface area (Å²) in [7, 11) is 0. The summed E-state index contributed by atoms with van der Waals surface area (Å²) < 4.78 is 0. The smallest absolute Gasteiger partial charge is 0.273 e. The molecule has 0 radical (unpaired) electrons. The van der Waals surface area contributed by atoms with E-state index in [1.807, 2.05) is 30.9 Å². The number of carbonyl (C=O) groups is 2. The van der Waals surface area contributed by atoms with Gasteiger partial charge in [0.25, 0.3) is 5.91 Å². The van der Waals surface area contributed by atoms with Gasteiger partial charge in [0.2, 0.25) is 5.91 Å². The number of hydrogen-bond donors (Lipinski definition) is 1. The minimum atomic E-state index is -0.129. The number of amides is 2. The van der Waals surface area contributed by atoms with Crippen molar-refractivity contribution in [3.63, 3.8) is 0 Å². The molecule has 1 N–H and O–H groups in total. The minimum absolute atomic E-state index is 0.0852. The maximum Gasteiger partial charge on any atom is 0.273 e. The molecular weight excluding hydrogens is 330 g/mol. The minimum Gasteiger partial charge on any atom is -0.352 e. The summed E-state index contributed by atoms with van der Waals surface area (Å²) in [5.41, 5.74) is 2.92. The van der Waals surface area contributed by atoms with Crippen molar-refractivity contribution in [3.8, 4) is 0 Å². The van der Waals surface area contributed by atoms with E-state index in [1.54, 1.807) is 12.3 Å². The Morgan fingerprint density at radius 1 is 1.27 bits per heavy atom. The van der Waals surface area contributed by atoms with Crippen molar-refractivity contribution in [1.29, 1.82) is 0 Å². The fraction of sp³-hybridized carbons (Fsp3) is 0.421. The first-order chi connectivity index (χ1) is 12.5. The molecule has 1 atom stereocenters. The van der Waals surface area contributed by atoms with Crippen molar-refractivity contribution in [1.82, 2.24) is 25.2 Å². The first-order valence-corrected chi connectivity index (χ1v) is 8.77. The van der Waals surface area contributed by atoms with Crippen molar-refractivity contribution in [2.24, 2.45) is 0 Å². The molecular formula is C19H23N5O2. The predicted molar refractivity (Wildman–Crippen MR) is 96.3 cm³/mol. The maximum absolute atomic E-state index is 13.0. The average Bonchev–Trinajstić information content (AvgIpc) is 3.09. The highest BCUT2D eigenvalue weighted by atomic mass is 16.2. The molecule has 7 heteroatoms. The summed E-state index contributed by atoms with van der Waals surface area (Å²) in [6.45, 7) is 6.20. The zero-order valence-corrected chi connectivity index (χ0v) is 15.3. The molecule has 3 rings (SSSR count). The van der Waals surface area contributed by atoms with Crippen LogP contribution in [0, 0.1) is 13.8 Å². The number of aryl methyl sites for hydroxylation is 2. The van der Waals surface area contributed by atoms with Crippen LogP contribution in [0.25, 0.3) is 0 Å². The number of pyridine rings is 1. The molecule has 0 saturated carbocycles. The van der Waals surface area contributed by atoms with Crippen molar-refractivity contribution in [3.05, 3.63) is 52.9 Å². The largest absolute Gasteiger partial charge is 0.352 e. The van der Waals surface area contributed by atoms with Gasteiger partial charge in [-0.25, -0.2) is 15.0 Å². The molecule has 0 spiro atoms. The van der Waals surface area contributed by atoms with E-state index in [1.165, 1.54) is 6.92 Å². The van der Waals surface area contributed by atoms with Gasteiger partial charge in [0.05, 0.1) is 11.7 Å². The Labute approximate surface area is 152 Å². The van der Waals surface area contributed by atoms with Gasteiger partial charge in [-0.05, 0) is 38.8 Å². The average molecular weight is 353 g/mol. The van der Waals surface area contributed by atoms with Crippen molar-refractivity contribution < 1.29 is 9.59 Å². The van der Waals surface area contributed by atoms with Crippen LogP contribution in [0.2, 0.25) is 0 Å². The van der Waals surface area contributed by atoms with Crippen LogP contribution in [-0.2, 0) is 11.3 Å². The van der Waals surface area contributed by atoms with Crippen molar-refractivity contribution >= 4 is 11.8 Å². The highest BCUT2D eigenvalue weighted by Gasteiger charge is 2.33. The Hall–Kier alpha value is -2.83. The zero-order valence-electron chi connectivity index (χ0n) is 15.3. The Kier molecular flexibility index (Phi) is 5.25. The highest BCUT2D eigenvalue weighted by molar-refractivity contribution is 5.92.